The second-order valence-electron chi connectivity index (χ2n) is 6.68. The molecule has 1 fully saturated rings. The maximum Gasteiger partial charge on any atom is 0.161 e. The fourth-order valence-corrected chi connectivity index (χ4v) is 3.57. The quantitative estimate of drug-likeness (QED) is 0.864. The van der Waals surface area contributed by atoms with E-state index in [-0.39, 0.29) is 0 Å². The van der Waals surface area contributed by atoms with Gasteiger partial charge in [0.05, 0.1) is 13.2 Å². The number of morpholine rings is 1. The molecule has 2 heterocycles. The highest BCUT2D eigenvalue weighted by Crippen LogP contribution is 2.30. The molecule has 1 N–H and O–H groups in total. The molecule has 4 rings (SSSR count). The molecule has 2 aromatic carbocycles. The van der Waals surface area contributed by atoms with E-state index in [1.165, 1.54) is 11.1 Å². The van der Waals surface area contributed by atoms with Crippen LogP contribution < -0.4 is 14.8 Å². The van der Waals surface area contributed by atoms with Gasteiger partial charge >= 0.3 is 0 Å². The molecule has 0 spiro atoms. The summed E-state index contributed by atoms with van der Waals surface area (Å²) in [5.74, 6) is 1.69. The number of nitrogens with one attached hydrogen (secondary N) is 1. The van der Waals surface area contributed by atoms with Gasteiger partial charge in [0.15, 0.2) is 11.5 Å². The molecule has 0 aromatic heterocycles. The number of fused-ring (bicyclic) bond motifs is 1. The Kier molecular flexibility index (Phi) is 5.69. The van der Waals surface area contributed by atoms with Gasteiger partial charge in [0.25, 0.3) is 0 Å². The van der Waals surface area contributed by atoms with Crippen LogP contribution in [0.3, 0.4) is 0 Å². The summed E-state index contributed by atoms with van der Waals surface area (Å²) in [6.45, 7) is 6.54. The second kappa shape index (κ2) is 8.54. The van der Waals surface area contributed by atoms with E-state index in [1.54, 1.807) is 0 Å². The van der Waals surface area contributed by atoms with Gasteiger partial charge in [-0.1, -0.05) is 36.4 Å². The molecule has 0 radical (unpaired) electrons. The number of benzene rings is 2. The van der Waals surface area contributed by atoms with Crippen LogP contribution in [-0.2, 0) is 11.3 Å². The zero-order valence-electron chi connectivity index (χ0n) is 15.0. The molecule has 138 valence electrons. The molecule has 5 heteroatoms. The van der Waals surface area contributed by atoms with Gasteiger partial charge in [-0.25, -0.2) is 0 Å². The summed E-state index contributed by atoms with van der Waals surface area (Å²) in [6.07, 6.45) is 0. The van der Waals surface area contributed by atoms with E-state index in [0.29, 0.717) is 19.3 Å². The molecule has 1 saturated heterocycles. The van der Waals surface area contributed by atoms with Crippen molar-refractivity contribution in [2.75, 3.05) is 46.1 Å². The monoisotopic (exact) mass is 354 g/mol. The molecule has 1 unspecified atom stereocenters. The van der Waals surface area contributed by atoms with Gasteiger partial charge in [-0.15, -0.1) is 0 Å². The van der Waals surface area contributed by atoms with Crippen molar-refractivity contribution in [3.63, 3.8) is 0 Å². The topological polar surface area (TPSA) is 43.0 Å². The van der Waals surface area contributed by atoms with E-state index in [0.717, 1.165) is 50.9 Å². The van der Waals surface area contributed by atoms with E-state index in [4.69, 9.17) is 14.2 Å². The van der Waals surface area contributed by atoms with E-state index in [2.05, 4.69) is 52.7 Å². The lowest BCUT2D eigenvalue weighted by molar-refractivity contribution is 0.0161. The lowest BCUT2D eigenvalue weighted by atomic mass is 10.0. The minimum atomic E-state index is 0.359. The van der Waals surface area contributed by atoms with Crippen molar-refractivity contribution in [2.45, 2.75) is 12.6 Å². The maximum absolute atomic E-state index is 5.68. The Labute approximate surface area is 154 Å². The van der Waals surface area contributed by atoms with Crippen molar-refractivity contribution >= 4 is 0 Å². The van der Waals surface area contributed by atoms with E-state index < -0.39 is 0 Å². The van der Waals surface area contributed by atoms with Crippen LogP contribution in [-0.4, -0.2) is 51.0 Å². The highest BCUT2D eigenvalue weighted by atomic mass is 16.6. The molecule has 5 nitrogen and oxygen atoms in total. The lowest BCUT2D eigenvalue weighted by Gasteiger charge is -2.35. The second-order valence-corrected chi connectivity index (χ2v) is 6.68. The van der Waals surface area contributed by atoms with Crippen molar-refractivity contribution in [1.29, 1.82) is 0 Å². The largest absolute Gasteiger partial charge is 0.486 e. The first-order valence-corrected chi connectivity index (χ1v) is 9.36. The van der Waals surface area contributed by atoms with Gasteiger partial charge in [0.2, 0.25) is 0 Å². The average molecular weight is 354 g/mol. The zero-order chi connectivity index (χ0) is 17.6. The van der Waals surface area contributed by atoms with Crippen LogP contribution >= 0.6 is 0 Å². The Bertz CT molecular complexity index is 702. The Balaban J connectivity index is 1.40. The smallest absolute Gasteiger partial charge is 0.161 e. The molecular formula is C21H26N2O3. The van der Waals surface area contributed by atoms with Crippen LogP contribution in [0.25, 0.3) is 0 Å². The van der Waals surface area contributed by atoms with Crippen molar-refractivity contribution < 1.29 is 14.2 Å². The summed E-state index contributed by atoms with van der Waals surface area (Å²) in [7, 11) is 0. The van der Waals surface area contributed by atoms with Crippen LogP contribution in [0, 0.1) is 0 Å². The predicted molar refractivity (Wildman–Crippen MR) is 101 cm³/mol. The molecule has 0 bridgehead atoms. The Hall–Kier alpha value is -2.08. The van der Waals surface area contributed by atoms with Crippen LogP contribution in [0.4, 0.5) is 0 Å². The number of hydrogen-bond acceptors (Lipinski definition) is 5. The third kappa shape index (κ3) is 4.18. The number of rotatable bonds is 6. The summed E-state index contributed by atoms with van der Waals surface area (Å²) in [6, 6.07) is 17.3. The number of ether oxygens (including phenoxy) is 3. The fraction of sp³-hybridized carbons (Fsp3) is 0.429. The van der Waals surface area contributed by atoms with Crippen molar-refractivity contribution in [2.24, 2.45) is 0 Å². The summed E-state index contributed by atoms with van der Waals surface area (Å²) < 4.78 is 16.8. The van der Waals surface area contributed by atoms with Crippen molar-refractivity contribution in [1.82, 2.24) is 10.2 Å². The normalized spacial score (nSPS) is 18.5. The standard InChI is InChI=1S/C21H26N2O3/c1-2-4-18(5-3-1)19(23-8-10-24-11-9-23)16-22-15-17-6-7-20-21(14-17)26-13-12-25-20/h1-7,14,19,22H,8-13,15-16H2. The van der Waals surface area contributed by atoms with Crippen molar-refractivity contribution in [3.05, 3.63) is 59.7 Å². The molecule has 26 heavy (non-hydrogen) atoms. The zero-order valence-corrected chi connectivity index (χ0v) is 15.0. The van der Waals surface area contributed by atoms with Gasteiger partial charge in [-0.2, -0.15) is 0 Å². The minimum absolute atomic E-state index is 0.359. The molecule has 2 aliphatic heterocycles. The highest BCUT2D eigenvalue weighted by molar-refractivity contribution is 5.43. The van der Waals surface area contributed by atoms with Crippen LogP contribution in [0.2, 0.25) is 0 Å². The molecular weight excluding hydrogens is 328 g/mol. The van der Waals surface area contributed by atoms with Crippen LogP contribution in [0.1, 0.15) is 17.2 Å². The molecule has 2 aromatic rings. The first-order valence-electron chi connectivity index (χ1n) is 9.36. The summed E-state index contributed by atoms with van der Waals surface area (Å²) in [5, 5.41) is 3.63. The van der Waals surface area contributed by atoms with Crippen molar-refractivity contribution in [3.8, 4) is 11.5 Å². The SMILES string of the molecule is c1ccc(C(CNCc2ccc3c(c2)OCCO3)N2CCOCC2)cc1. The van der Waals surface area contributed by atoms with Gasteiger partial charge in [-0.3, -0.25) is 4.90 Å². The Morgan fingerprint density at radius 3 is 2.46 bits per heavy atom. The first-order chi connectivity index (χ1) is 12.9. The van der Waals surface area contributed by atoms with E-state index in [9.17, 15) is 0 Å². The van der Waals surface area contributed by atoms with Crippen LogP contribution in [0.5, 0.6) is 11.5 Å². The third-order valence-corrected chi connectivity index (χ3v) is 4.94. The van der Waals surface area contributed by atoms with Gasteiger partial charge in [0, 0.05) is 32.2 Å². The van der Waals surface area contributed by atoms with E-state index in [1.807, 2.05) is 6.07 Å². The fourth-order valence-electron chi connectivity index (χ4n) is 3.57. The van der Waals surface area contributed by atoms with Gasteiger partial charge in [0.1, 0.15) is 13.2 Å². The number of nitrogens with zero attached hydrogens (tertiary/aromatic N) is 1. The Morgan fingerprint density at radius 2 is 1.65 bits per heavy atom. The van der Waals surface area contributed by atoms with E-state index >= 15 is 0 Å². The Morgan fingerprint density at radius 1 is 0.885 bits per heavy atom. The predicted octanol–water partition coefficient (Wildman–Crippen LogP) is 2.62. The molecule has 1 atom stereocenters. The van der Waals surface area contributed by atoms with Gasteiger partial charge < -0.3 is 19.5 Å². The highest BCUT2D eigenvalue weighted by Gasteiger charge is 2.22. The summed E-state index contributed by atoms with van der Waals surface area (Å²) in [5.41, 5.74) is 2.56. The van der Waals surface area contributed by atoms with Gasteiger partial charge in [-0.05, 0) is 23.3 Å². The first kappa shape index (κ1) is 17.3. The molecule has 2 aliphatic rings. The minimum Gasteiger partial charge on any atom is -0.486 e. The molecule has 0 aliphatic carbocycles. The summed E-state index contributed by atoms with van der Waals surface area (Å²) in [4.78, 5) is 2.51. The average Bonchev–Trinajstić information content (AvgIpc) is 2.72. The molecule has 0 saturated carbocycles. The summed E-state index contributed by atoms with van der Waals surface area (Å²) >= 11 is 0. The number of hydrogen-bond donors (Lipinski definition) is 1. The van der Waals surface area contributed by atoms with Crippen LogP contribution in [0.15, 0.2) is 48.5 Å². The molecule has 0 amide bonds. The lowest BCUT2D eigenvalue weighted by Crippen LogP contribution is -2.42. The third-order valence-electron chi connectivity index (χ3n) is 4.94. The maximum atomic E-state index is 5.68.